The van der Waals surface area contributed by atoms with Crippen molar-refractivity contribution in [3.63, 3.8) is 0 Å². The van der Waals surface area contributed by atoms with Gasteiger partial charge in [-0.1, -0.05) is 35.4 Å². The zero-order valence-electron chi connectivity index (χ0n) is 17.7. The second-order valence-electron chi connectivity index (χ2n) is 7.15. The van der Waals surface area contributed by atoms with E-state index in [1.54, 1.807) is 0 Å². The van der Waals surface area contributed by atoms with Gasteiger partial charge in [0.05, 0.1) is 0 Å². The molecule has 0 saturated heterocycles. The van der Waals surface area contributed by atoms with Crippen LogP contribution in [0.2, 0.25) is 0 Å². The van der Waals surface area contributed by atoms with E-state index in [1.165, 1.54) is 44.8 Å². The zero-order chi connectivity index (χ0) is 18.4. The van der Waals surface area contributed by atoms with Crippen molar-refractivity contribution < 1.29 is 44.9 Å². The molecule has 6 heteroatoms. The maximum Gasteiger partial charge on any atom is 2.00 e. The van der Waals surface area contributed by atoms with E-state index in [0.29, 0.717) is 0 Å². The molecule has 0 atom stereocenters. The van der Waals surface area contributed by atoms with Crippen molar-refractivity contribution in [3.05, 3.63) is 57.6 Å². The Morgan fingerprint density at radius 1 is 0.536 bits per heavy atom. The second kappa shape index (κ2) is 14.2. The van der Waals surface area contributed by atoms with Crippen LogP contribution in [0, 0.1) is 41.5 Å². The van der Waals surface area contributed by atoms with Crippen LogP contribution in [0.25, 0.3) is 0 Å². The number of anilines is 2. The topological polar surface area (TPSA) is 36.1 Å². The Kier molecular flexibility index (Phi) is 15.0. The van der Waals surface area contributed by atoms with Gasteiger partial charge in [-0.25, -0.2) is 0 Å². The first-order valence-electron chi connectivity index (χ1n) is 9.22. The number of nitrogens with one attached hydrogen (secondary N) is 3. The van der Waals surface area contributed by atoms with Gasteiger partial charge in [-0.15, -0.1) is 0 Å². The predicted molar refractivity (Wildman–Crippen MR) is 111 cm³/mol. The fourth-order valence-corrected chi connectivity index (χ4v) is 3.59. The summed E-state index contributed by atoms with van der Waals surface area (Å²) in [6.45, 7) is 16.8. The summed E-state index contributed by atoms with van der Waals surface area (Å²) in [5, 5.41) is 10.6. The molecule has 0 aliphatic carbocycles. The van der Waals surface area contributed by atoms with Crippen LogP contribution in [0.3, 0.4) is 0 Å². The third kappa shape index (κ3) is 8.71. The van der Waals surface area contributed by atoms with Crippen LogP contribution in [0.15, 0.2) is 24.3 Å². The normalized spacial score (nSPS) is 9.64. The number of benzene rings is 2. The average molecular weight is 603 g/mol. The summed E-state index contributed by atoms with van der Waals surface area (Å²) in [5.74, 6) is 0. The molecule has 2 aromatic rings. The quantitative estimate of drug-likeness (QED) is 0.328. The molecule has 0 bridgehead atoms. The van der Waals surface area contributed by atoms with E-state index < -0.39 is 0 Å². The minimum Gasteiger partial charge on any atom is -1.00 e. The Labute approximate surface area is 197 Å². The molecule has 1 radical (unpaired) electrons. The molecule has 3 N–H and O–H groups in total. The summed E-state index contributed by atoms with van der Waals surface area (Å²) in [6, 6.07) is 8.94. The van der Waals surface area contributed by atoms with Crippen LogP contribution in [-0.2, 0) is 20.1 Å². The number of rotatable bonds is 8. The van der Waals surface area contributed by atoms with Crippen LogP contribution < -0.4 is 40.8 Å². The molecule has 159 valence electrons. The van der Waals surface area contributed by atoms with Gasteiger partial charge in [-0.3, -0.25) is 0 Å². The van der Waals surface area contributed by atoms with Gasteiger partial charge in [0, 0.05) is 37.6 Å². The van der Waals surface area contributed by atoms with Gasteiger partial charge >= 0.3 is 20.1 Å². The van der Waals surface area contributed by atoms with Gasteiger partial charge in [-0.05, 0) is 63.8 Å². The summed E-state index contributed by atoms with van der Waals surface area (Å²) in [6.07, 6.45) is 0. The van der Waals surface area contributed by atoms with E-state index in [-0.39, 0.29) is 44.9 Å². The molecular weight excluding hydrogens is 569 g/mol. The summed E-state index contributed by atoms with van der Waals surface area (Å²) >= 11 is 0. The summed E-state index contributed by atoms with van der Waals surface area (Å²) < 4.78 is 0. The molecule has 28 heavy (non-hydrogen) atoms. The van der Waals surface area contributed by atoms with Gasteiger partial charge in [0.1, 0.15) is 0 Å². The van der Waals surface area contributed by atoms with Gasteiger partial charge < -0.3 is 40.8 Å². The van der Waals surface area contributed by atoms with Crippen molar-refractivity contribution in [2.24, 2.45) is 0 Å². The summed E-state index contributed by atoms with van der Waals surface area (Å²) in [4.78, 5) is 0. The van der Waals surface area contributed by atoms with Crippen molar-refractivity contribution in [1.29, 1.82) is 0 Å². The number of hydrogen-bond acceptors (Lipinski definition) is 3. The predicted octanol–water partition coefficient (Wildman–Crippen LogP) is -1.34. The van der Waals surface area contributed by atoms with E-state index in [0.717, 1.165) is 26.2 Å². The Bertz CT molecular complexity index is 628. The smallest absolute Gasteiger partial charge is 1.00 e. The third-order valence-corrected chi connectivity index (χ3v) is 4.56. The Balaban J connectivity index is 0. The molecule has 3 nitrogen and oxygen atoms in total. The van der Waals surface area contributed by atoms with Crippen LogP contribution in [0.4, 0.5) is 11.4 Å². The SMILES string of the molecule is Cc1cc(C)c(NCCNCCNc2c(C)cc(C)cc2C)c(C)c1.[Cl-].[Cl-].[Ir+2]. The van der Waals surface area contributed by atoms with Gasteiger partial charge in [0.25, 0.3) is 0 Å². The van der Waals surface area contributed by atoms with Crippen LogP contribution in [0.1, 0.15) is 33.4 Å². The van der Waals surface area contributed by atoms with Crippen molar-refractivity contribution in [2.45, 2.75) is 41.5 Å². The molecule has 0 spiro atoms. The monoisotopic (exact) mass is 602 g/mol. The molecule has 0 aliphatic rings. The molecule has 0 amide bonds. The van der Waals surface area contributed by atoms with Crippen molar-refractivity contribution >= 4 is 11.4 Å². The minimum absolute atomic E-state index is 0. The van der Waals surface area contributed by atoms with E-state index in [2.05, 4.69) is 81.8 Å². The fourth-order valence-electron chi connectivity index (χ4n) is 3.59. The molecule has 0 saturated carbocycles. The Morgan fingerprint density at radius 2 is 0.821 bits per heavy atom. The maximum atomic E-state index is 3.56. The number of hydrogen-bond donors (Lipinski definition) is 3. The Morgan fingerprint density at radius 3 is 1.11 bits per heavy atom. The molecule has 0 unspecified atom stereocenters. The number of halogens is 2. The van der Waals surface area contributed by atoms with Crippen LogP contribution in [0.5, 0.6) is 0 Å². The molecule has 0 heterocycles. The minimum atomic E-state index is 0. The van der Waals surface area contributed by atoms with Crippen LogP contribution >= 0.6 is 0 Å². The van der Waals surface area contributed by atoms with Crippen molar-refractivity contribution in [3.8, 4) is 0 Å². The molecule has 0 aromatic heterocycles. The van der Waals surface area contributed by atoms with Gasteiger partial charge in [-0.2, -0.15) is 0 Å². The maximum absolute atomic E-state index is 3.56. The van der Waals surface area contributed by atoms with E-state index in [9.17, 15) is 0 Å². The van der Waals surface area contributed by atoms with E-state index in [4.69, 9.17) is 0 Å². The van der Waals surface area contributed by atoms with E-state index in [1.807, 2.05) is 0 Å². The second-order valence-corrected chi connectivity index (χ2v) is 7.15. The number of aryl methyl sites for hydroxylation is 6. The van der Waals surface area contributed by atoms with Crippen molar-refractivity contribution in [1.82, 2.24) is 5.32 Å². The van der Waals surface area contributed by atoms with Crippen molar-refractivity contribution in [2.75, 3.05) is 36.8 Å². The van der Waals surface area contributed by atoms with E-state index >= 15 is 0 Å². The Hall–Kier alpha value is -0.771. The first kappa shape index (κ1) is 29.4. The van der Waals surface area contributed by atoms with Crippen LogP contribution in [-0.4, -0.2) is 26.2 Å². The average Bonchev–Trinajstić information content (AvgIpc) is 2.50. The first-order valence-corrected chi connectivity index (χ1v) is 9.22. The summed E-state index contributed by atoms with van der Waals surface area (Å²) in [5.41, 5.74) is 10.5. The molecular formula is C22H33Cl2IrN3. The molecule has 2 rings (SSSR count). The molecule has 2 aromatic carbocycles. The summed E-state index contributed by atoms with van der Waals surface area (Å²) in [7, 11) is 0. The standard InChI is InChI=1S/C22H33N3.2ClH.Ir/c1-15-11-17(3)21(18(4)12-15)24-9-7-23-8-10-25-22-19(5)13-16(2)14-20(22)6;;;/h11-14,23-25H,7-10H2,1-6H3;2*1H;/q;;;+2/p-2. The first-order chi connectivity index (χ1) is 11.9. The largest absolute Gasteiger partial charge is 2.00 e. The zero-order valence-corrected chi connectivity index (χ0v) is 21.6. The molecule has 0 fully saturated rings. The van der Waals surface area contributed by atoms with Gasteiger partial charge in [0.15, 0.2) is 0 Å². The fraction of sp³-hybridized carbons (Fsp3) is 0.455. The molecule has 0 aliphatic heterocycles. The van der Waals surface area contributed by atoms with Gasteiger partial charge in [0.2, 0.25) is 0 Å². The third-order valence-electron chi connectivity index (χ3n) is 4.56.